The zero-order valence-corrected chi connectivity index (χ0v) is 21.9. The molecule has 1 aliphatic carbocycles. The van der Waals surface area contributed by atoms with Crippen LogP contribution in [0.25, 0.3) is 5.41 Å². The van der Waals surface area contributed by atoms with Crippen LogP contribution >= 0.6 is 0 Å². The largest absolute Gasteiger partial charge is 0.451 e. The van der Waals surface area contributed by atoms with E-state index in [2.05, 4.69) is 20.5 Å². The highest BCUT2D eigenvalue weighted by atomic mass is 19.4. The van der Waals surface area contributed by atoms with Crippen LogP contribution in [0, 0.1) is 28.4 Å². The summed E-state index contributed by atoms with van der Waals surface area (Å²) in [4.78, 5) is 30.9. The van der Waals surface area contributed by atoms with Crippen molar-refractivity contribution in [2.45, 2.75) is 44.3 Å². The topological polar surface area (TPSA) is 141 Å². The predicted octanol–water partition coefficient (Wildman–Crippen LogP) is 3.31. The Morgan fingerprint density at radius 1 is 1.17 bits per heavy atom. The van der Waals surface area contributed by atoms with E-state index >= 15 is 0 Å². The lowest BCUT2D eigenvalue weighted by atomic mass is 9.57. The highest BCUT2D eigenvalue weighted by Crippen LogP contribution is 2.52. The molecule has 15 heteroatoms. The average Bonchev–Trinajstić information content (AvgIpc) is 2.88. The number of rotatable bonds is 6. The van der Waals surface area contributed by atoms with Crippen LogP contribution in [0.5, 0.6) is 0 Å². The number of carbonyl (C=O) groups is 2. The van der Waals surface area contributed by atoms with E-state index in [1.165, 1.54) is 0 Å². The molecule has 1 saturated heterocycles. The Morgan fingerprint density at radius 2 is 1.88 bits per heavy atom. The number of carbonyl (C=O) groups excluding carboxylic acids is 2. The molecule has 1 spiro atoms. The summed E-state index contributed by atoms with van der Waals surface area (Å²) in [5.74, 6) is -3.53. The molecule has 4 rings (SSSR count). The normalized spacial score (nSPS) is 20.1. The number of piperidine rings is 1. The molecule has 2 amide bonds. The fraction of sp³-hybridized carbons (Fsp3) is 0.500. The number of nitrogens with zero attached hydrogens (tertiary/aromatic N) is 3. The summed E-state index contributed by atoms with van der Waals surface area (Å²) in [6, 6.07) is 1.47. The number of aliphatic imine (C=N–C) groups is 1. The minimum absolute atomic E-state index is 0.0207. The quantitative estimate of drug-likeness (QED) is 0.231. The highest BCUT2D eigenvalue weighted by molar-refractivity contribution is 6.04. The van der Waals surface area contributed by atoms with E-state index in [0.717, 1.165) is 36.9 Å². The molecule has 0 radical (unpaired) electrons. The number of amidine groups is 2. The zero-order chi connectivity index (χ0) is 29.8. The first-order valence-corrected chi connectivity index (χ1v) is 13.0. The van der Waals surface area contributed by atoms with Gasteiger partial charge in [-0.25, -0.2) is 8.78 Å². The number of halogens is 5. The number of hydrogen-bond acceptors (Lipinski definition) is 6. The lowest BCUT2D eigenvalue weighted by Gasteiger charge is -2.52. The monoisotopic (exact) mass is 582 g/mol. The minimum atomic E-state index is -4.42. The summed E-state index contributed by atoms with van der Waals surface area (Å²) in [7, 11) is 0. The molecule has 10 nitrogen and oxygen atoms in total. The number of alkyl halides is 3. The van der Waals surface area contributed by atoms with Gasteiger partial charge in [0.15, 0.2) is 17.5 Å². The van der Waals surface area contributed by atoms with E-state index in [-0.39, 0.29) is 23.6 Å². The Labute approximate surface area is 232 Å². The first-order chi connectivity index (χ1) is 19.3. The second kappa shape index (κ2) is 12.2. The van der Waals surface area contributed by atoms with Crippen LogP contribution in [0.2, 0.25) is 0 Å². The maximum Gasteiger partial charge on any atom is 0.405 e. The van der Waals surface area contributed by atoms with E-state index in [1.807, 2.05) is 5.32 Å². The Balaban J connectivity index is 1.13. The van der Waals surface area contributed by atoms with Gasteiger partial charge in [-0.3, -0.25) is 20.0 Å². The van der Waals surface area contributed by atoms with Gasteiger partial charge in [-0.2, -0.15) is 13.2 Å². The Kier molecular flexibility index (Phi) is 8.92. The van der Waals surface area contributed by atoms with E-state index in [9.17, 15) is 37.0 Å². The number of ether oxygens (including phenoxy) is 1. The van der Waals surface area contributed by atoms with Crippen LogP contribution in [0.1, 0.15) is 32.1 Å². The van der Waals surface area contributed by atoms with Gasteiger partial charge in [-0.1, -0.05) is 12.1 Å². The SMILES string of the molecule is [N-]=C(Nc1ccc(F)c(F)c1)OC(=N)CC(=O)N[C@@H]1C=CC(N2CCC3(CC2)CC(C(=O)NCC(F)(F)F)C3)=NC1. The smallest absolute Gasteiger partial charge is 0.405 e. The van der Waals surface area contributed by atoms with Gasteiger partial charge in [0.05, 0.1) is 12.6 Å². The second-order valence-corrected chi connectivity index (χ2v) is 10.4. The molecule has 4 N–H and O–H groups in total. The number of likely N-dealkylation sites (tertiary alicyclic amines) is 1. The molecule has 1 aromatic carbocycles. The van der Waals surface area contributed by atoms with Crippen molar-refractivity contribution in [1.29, 1.82) is 5.41 Å². The Morgan fingerprint density at radius 3 is 2.49 bits per heavy atom. The van der Waals surface area contributed by atoms with Crippen molar-refractivity contribution >= 4 is 35.3 Å². The molecule has 1 aromatic rings. The van der Waals surface area contributed by atoms with Crippen LogP contribution < -0.4 is 16.0 Å². The Hall–Kier alpha value is -4.04. The molecule has 1 saturated carbocycles. The summed E-state index contributed by atoms with van der Waals surface area (Å²) in [6.45, 7) is 0.354. The van der Waals surface area contributed by atoms with Crippen LogP contribution in [0.4, 0.5) is 27.6 Å². The van der Waals surface area contributed by atoms with Crippen LogP contribution in [0.3, 0.4) is 0 Å². The van der Waals surface area contributed by atoms with E-state index in [4.69, 9.17) is 10.1 Å². The lowest BCUT2D eigenvalue weighted by Crippen LogP contribution is -2.52. The predicted molar refractivity (Wildman–Crippen MR) is 140 cm³/mol. The van der Waals surface area contributed by atoms with E-state index < -0.39 is 60.6 Å². The average molecular weight is 583 g/mol. The number of benzene rings is 1. The number of dihydropyridines is 1. The molecule has 0 unspecified atom stereocenters. The van der Waals surface area contributed by atoms with Gasteiger partial charge in [0.2, 0.25) is 11.8 Å². The number of hydrogen-bond donors (Lipinski definition) is 4. The molecule has 0 aromatic heterocycles. The maximum absolute atomic E-state index is 13.3. The Bertz CT molecular complexity index is 1250. The molecule has 41 heavy (non-hydrogen) atoms. The van der Waals surface area contributed by atoms with Crippen molar-refractivity contribution in [3.8, 4) is 0 Å². The molecule has 3 aliphatic rings. The number of anilines is 1. The van der Waals surface area contributed by atoms with Crippen molar-refractivity contribution in [2.24, 2.45) is 16.3 Å². The van der Waals surface area contributed by atoms with Gasteiger partial charge in [-0.05, 0) is 55.0 Å². The van der Waals surface area contributed by atoms with Crippen molar-refractivity contribution in [1.82, 2.24) is 15.5 Å². The van der Waals surface area contributed by atoms with Crippen LogP contribution in [-0.4, -0.2) is 72.9 Å². The molecule has 2 fully saturated rings. The van der Waals surface area contributed by atoms with Gasteiger partial charge in [0.1, 0.15) is 24.8 Å². The first kappa shape index (κ1) is 29.9. The fourth-order valence-electron chi connectivity index (χ4n) is 5.21. The standard InChI is InChI=1S/C26H29F5N7O3/c27-18-3-1-16(9-19(18)28)37-24(33)41-20(32)10-22(39)36-17-2-4-21(34-13-17)38-7-5-25(6-8-38)11-15(12-25)23(40)35-14-26(29,30)31/h1-4,9,15,17,32H,5-8,10-14H2,(H3-,33,35,36,37,39,40)/q-1/t17-/m1/s1. The van der Waals surface area contributed by atoms with Crippen molar-refractivity contribution in [2.75, 3.05) is 31.5 Å². The first-order valence-electron chi connectivity index (χ1n) is 13.0. The maximum atomic E-state index is 13.3. The van der Waals surface area contributed by atoms with Crippen molar-refractivity contribution in [3.63, 3.8) is 0 Å². The number of amides is 2. The molecule has 1 atom stereocenters. The van der Waals surface area contributed by atoms with E-state index in [1.54, 1.807) is 12.2 Å². The zero-order valence-electron chi connectivity index (χ0n) is 21.9. The van der Waals surface area contributed by atoms with Crippen LogP contribution in [0.15, 0.2) is 35.3 Å². The fourth-order valence-corrected chi connectivity index (χ4v) is 5.21. The van der Waals surface area contributed by atoms with Gasteiger partial charge >= 0.3 is 6.18 Å². The van der Waals surface area contributed by atoms with Gasteiger partial charge in [0, 0.05) is 19.0 Å². The molecule has 0 bridgehead atoms. The van der Waals surface area contributed by atoms with Crippen LogP contribution in [-0.2, 0) is 14.3 Å². The third-order valence-electron chi connectivity index (χ3n) is 7.33. The van der Waals surface area contributed by atoms with Crippen molar-refractivity contribution in [3.05, 3.63) is 47.4 Å². The minimum Gasteiger partial charge on any atom is -0.451 e. The molecule has 2 heterocycles. The summed E-state index contributed by atoms with van der Waals surface area (Å²) in [5, 5.41) is 24.4. The summed E-state index contributed by atoms with van der Waals surface area (Å²) in [6.07, 6.45) is 1.41. The highest BCUT2D eigenvalue weighted by Gasteiger charge is 2.49. The van der Waals surface area contributed by atoms with Gasteiger partial charge in [0.25, 0.3) is 0 Å². The van der Waals surface area contributed by atoms with E-state index in [0.29, 0.717) is 25.9 Å². The second-order valence-electron chi connectivity index (χ2n) is 10.4. The molecule has 2 aliphatic heterocycles. The lowest BCUT2D eigenvalue weighted by molar-refractivity contribution is -0.146. The third kappa shape index (κ3) is 8.24. The summed E-state index contributed by atoms with van der Waals surface area (Å²) < 4.78 is 68.0. The third-order valence-corrected chi connectivity index (χ3v) is 7.33. The molecular weight excluding hydrogens is 553 g/mol. The number of nitrogens with one attached hydrogen (secondary N) is 4. The van der Waals surface area contributed by atoms with Crippen molar-refractivity contribution < 1.29 is 36.3 Å². The molecule has 222 valence electrons. The summed E-state index contributed by atoms with van der Waals surface area (Å²) >= 11 is 0. The van der Waals surface area contributed by atoms with Gasteiger partial charge in [-0.15, -0.1) is 0 Å². The molecular formula is C26H29F5N7O3-. The van der Waals surface area contributed by atoms with Gasteiger partial charge < -0.3 is 31.0 Å². The summed E-state index contributed by atoms with van der Waals surface area (Å²) in [5.41, 5.74) is -0.0531.